The third-order valence-electron chi connectivity index (χ3n) is 9.70. The second-order valence-electron chi connectivity index (χ2n) is 13.0. The number of rotatable bonds is 22. The molecule has 34 heavy (non-hydrogen) atoms. The van der Waals surface area contributed by atoms with Gasteiger partial charge in [0.15, 0.2) is 0 Å². The fourth-order valence-electron chi connectivity index (χ4n) is 6.54. The molecule has 0 unspecified atom stereocenters. The molecule has 0 aromatic heterocycles. The van der Waals surface area contributed by atoms with Gasteiger partial charge in [-0.15, -0.1) is 11.4 Å². The number of unbranched alkanes of at least 4 members (excludes halogenated alkanes) is 6. The van der Waals surface area contributed by atoms with Crippen molar-refractivity contribution in [2.75, 3.05) is 0 Å². The molecule has 0 aromatic rings. The summed E-state index contributed by atoms with van der Waals surface area (Å²) in [5.74, 6) is 0. The summed E-state index contributed by atoms with van der Waals surface area (Å²) in [7, 11) is -3.05. The maximum Gasteiger partial charge on any atom is 0.0769 e. The lowest BCUT2D eigenvalue weighted by Crippen LogP contribution is -2.45. The van der Waals surface area contributed by atoms with E-state index in [1.165, 1.54) is 116 Å². The van der Waals surface area contributed by atoms with Crippen LogP contribution >= 0.6 is 0 Å². The second kappa shape index (κ2) is 17.6. The van der Waals surface area contributed by atoms with E-state index < -0.39 is 16.1 Å². The summed E-state index contributed by atoms with van der Waals surface area (Å²) in [6.07, 6.45) is 25.5. The normalized spacial score (nSPS) is 13.8. The Kier molecular flexibility index (Phi) is 17.7. The van der Waals surface area contributed by atoms with Crippen LogP contribution in [-0.2, 0) is 0 Å². The summed E-state index contributed by atoms with van der Waals surface area (Å²) in [6.45, 7) is 25.4. The molecule has 0 nitrogen and oxygen atoms in total. The number of hydrogen-bond donors (Lipinski definition) is 0. The molecule has 0 heterocycles. The molecule has 0 aromatic carbocycles. The molecule has 0 radical (unpaired) electrons. The van der Waals surface area contributed by atoms with Crippen molar-refractivity contribution >= 4 is 16.1 Å². The molecule has 0 fully saturated rings. The summed E-state index contributed by atoms with van der Waals surface area (Å²) in [6, 6.07) is 0. The third kappa shape index (κ3) is 10.3. The Balaban J connectivity index is 6.30. The van der Waals surface area contributed by atoms with Crippen molar-refractivity contribution in [3.8, 4) is 0 Å². The number of hydrogen-bond acceptors (Lipinski definition) is 0. The molecule has 0 saturated heterocycles. The first-order valence-corrected chi connectivity index (χ1v) is 21.9. The average Bonchev–Trinajstić information content (AvgIpc) is 2.82. The van der Waals surface area contributed by atoms with E-state index in [1.54, 1.807) is 0 Å². The van der Waals surface area contributed by atoms with Gasteiger partial charge in [-0.2, -0.15) is 0 Å². The van der Waals surface area contributed by atoms with Gasteiger partial charge in [0.2, 0.25) is 0 Å². The van der Waals surface area contributed by atoms with E-state index >= 15 is 0 Å². The first-order valence-electron chi connectivity index (χ1n) is 15.8. The van der Waals surface area contributed by atoms with E-state index in [4.69, 9.17) is 0 Å². The van der Waals surface area contributed by atoms with Gasteiger partial charge in [-0.3, -0.25) is 0 Å². The van der Waals surface area contributed by atoms with E-state index in [-0.39, 0.29) is 0 Å². The van der Waals surface area contributed by atoms with Crippen molar-refractivity contribution in [2.45, 2.75) is 193 Å². The van der Waals surface area contributed by atoms with Crippen molar-refractivity contribution in [1.29, 1.82) is 0 Å². The van der Waals surface area contributed by atoms with E-state index in [1.807, 2.05) is 0 Å². The highest BCUT2D eigenvalue weighted by Gasteiger charge is 2.46. The fourth-order valence-corrected chi connectivity index (χ4v) is 15.5. The highest BCUT2D eigenvalue weighted by atomic mass is 28.3. The lowest BCUT2D eigenvalue weighted by atomic mass is 9.89. The van der Waals surface area contributed by atoms with E-state index in [9.17, 15) is 0 Å². The highest BCUT2D eigenvalue weighted by molar-refractivity contribution is 6.90. The Bertz CT molecular complexity index is 428. The van der Waals surface area contributed by atoms with Crippen LogP contribution in [0.5, 0.6) is 0 Å². The molecule has 0 aliphatic heterocycles. The predicted octanol–water partition coefficient (Wildman–Crippen LogP) is 12.7. The Labute approximate surface area is 220 Å². The molecule has 0 spiro atoms. The topological polar surface area (TPSA) is 0 Å². The van der Waals surface area contributed by atoms with E-state index in [2.05, 4.69) is 79.1 Å². The molecule has 0 N–H and O–H groups in total. The smallest absolute Gasteiger partial charge is 0.0769 e. The van der Waals surface area contributed by atoms with Gasteiger partial charge in [0.1, 0.15) is 0 Å². The van der Waals surface area contributed by atoms with Crippen LogP contribution in [0, 0.1) is 0 Å². The predicted molar refractivity (Wildman–Crippen MR) is 167 cm³/mol. The van der Waals surface area contributed by atoms with Crippen molar-refractivity contribution in [2.24, 2.45) is 0 Å². The quantitative estimate of drug-likeness (QED) is 0.127. The van der Waals surface area contributed by atoms with Gasteiger partial charge in [0.05, 0.1) is 16.1 Å². The molecule has 2 heteroatoms. The van der Waals surface area contributed by atoms with Gasteiger partial charge in [0, 0.05) is 0 Å². The minimum atomic E-state index is -1.52. The molecular weight excluding hydrogens is 441 g/mol. The maximum atomic E-state index is 2.93. The summed E-state index contributed by atoms with van der Waals surface area (Å²) < 4.78 is 0. The van der Waals surface area contributed by atoms with Gasteiger partial charge < -0.3 is 0 Å². The van der Waals surface area contributed by atoms with Crippen LogP contribution in [0.25, 0.3) is 0 Å². The third-order valence-corrected chi connectivity index (χ3v) is 19.0. The van der Waals surface area contributed by atoms with Crippen molar-refractivity contribution in [3.05, 3.63) is 11.4 Å². The van der Waals surface area contributed by atoms with Gasteiger partial charge in [-0.25, -0.2) is 0 Å². The Morgan fingerprint density at radius 1 is 0.382 bits per heavy atom. The first-order chi connectivity index (χ1) is 16.1. The zero-order valence-electron chi connectivity index (χ0n) is 25.9. The minimum absolute atomic E-state index is 0.606. The van der Waals surface area contributed by atoms with Gasteiger partial charge in [-0.05, 0) is 48.6 Å². The molecule has 0 atom stereocenters. The molecule has 0 saturated carbocycles. The van der Waals surface area contributed by atoms with Crippen LogP contribution in [0.15, 0.2) is 11.4 Å². The average molecular weight is 509 g/mol. The Morgan fingerprint density at radius 2 is 0.559 bits per heavy atom. The van der Waals surface area contributed by atoms with Gasteiger partial charge in [-0.1, -0.05) is 145 Å². The van der Waals surface area contributed by atoms with Crippen molar-refractivity contribution in [3.63, 3.8) is 0 Å². The van der Waals surface area contributed by atoms with Crippen LogP contribution in [0.1, 0.15) is 157 Å². The van der Waals surface area contributed by atoms with Crippen molar-refractivity contribution in [1.82, 2.24) is 0 Å². The summed E-state index contributed by atoms with van der Waals surface area (Å²) in [5.41, 5.74) is 5.86. The Hall–Kier alpha value is 0.174. The van der Waals surface area contributed by atoms with Crippen LogP contribution in [0.3, 0.4) is 0 Å². The summed E-state index contributed by atoms with van der Waals surface area (Å²) >= 11 is 0. The lowest BCUT2D eigenvalue weighted by molar-refractivity contribution is 0.387. The largest absolute Gasteiger partial charge is 0.102 e. The Morgan fingerprint density at radius 3 is 0.706 bits per heavy atom. The standard InChI is InChI=1S/C32H68Si2/c1-11-17-23-31(24-18-12-2,25-19-13-3)33(7,8)29-30-34(9,10)32(26-20-14-4,27-21-15-5)28-22-16-6/h29-30H,11-28H2,1-10H3/b30-29+. The highest BCUT2D eigenvalue weighted by Crippen LogP contribution is 2.55. The first kappa shape index (κ1) is 34.2. The van der Waals surface area contributed by atoms with E-state index in [0.717, 1.165) is 0 Å². The zero-order chi connectivity index (χ0) is 26.1. The summed E-state index contributed by atoms with van der Waals surface area (Å²) in [4.78, 5) is 0. The van der Waals surface area contributed by atoms with Crippen LogP contribution in [0.2, 0.25) is 36.3 Å². The molecule has 204 valence electrons. The van der Waals surface area contributed by atoms with Gasteiger partial charge >= 0.3 is 0 Å². The zero-order valence-corrected chi connectivity index (χ0v) is 27.9. The van der Waals surface area contributed by atoms with Crippen molar-refractivity contribution < 1.29 is 0 Å². The molecule has 0 aliphatic rings. The maximum absolute atomic E-state index is 2.93. The minimum Gasteiger partial charge on any atom is -0.102 e. The van der Waals surface area contributed by atoms with Crippen LogP contribution in [-0.4, -0.2) is 16.1 Å². The molecule has 0 rings (SSSR count). The SMILES string of the molecule is CCCCC(CCCC)(CCCC)[Si](C)(C)/C=C/[Si](C)(C)C(CCCC)(CCCC)CCCC. The van der Waals surface area contributed by atoms with E-state index in [0.29, 0.717) is 10.1 Å². The summed E-state index contributed by atoms with van der Waals surface area (Å²) in [5, 5.41) is 1.21. The van der Waals surface area contributed by atoms with Crippen LogP contribution in [0.4, 0.5) is 0 Å². The molecular formula is C32H68Si2. The lowest BCUT2D eigenvalue weighted by Gasteiger charge is -2.48. The van der Waals surface area contributed by atoms with Crippen LogP contribution < -0.4 is 0 Å². The fraction of sp³-hybridized carbons (Fsp3) is 0.938. The molecule has 0 aliphatic carbocycles. The molecule has 0 amide bonds. The van der Waals surface area contributed by atoms with Gasteiger partial charge in [0.25, 0.3) is 0 Å². The molecule has 0 bridgehead atoms. The monoisotopic (exact) mass is 508 g/mol. The second-order valence-corrected chi connectivity index (χ2v) is 22.6.